The molecule has 0 aromatic carbocycles. The van der Waals surface area contributed by atoms with Gasteiger partial charge in [-0.3, -0.25) is 10.1 Å². The van der Waals surface area contributed by atoms with Gasteiger partial charge >= 0.3 is 5.97 Å². The number of rotatable bonds is 10. The zero-order valence-electron chi connectivity index (χ0n) is 14.1. The maximum atomic E-state index is 11.7. The van der Waals surface area contributed by atoms with E-state index in [1.807, 2.05) is 20.8 Å². The molecule has 2 aliphatic carbocycles. The largest absolute Gasteiger partial charge is 0.480 e. The van der Waals surface area contributed by atoms with Gasteiger partial charge in [0.15, 0.2) is 0 Å². The average Bonchev–Trinajstić information content (AvgIpc) is 3.21. The maximum absolute atomic E-state index is 11.7. The van der Waals surface area contributed by atoms with Crippen molar-refractivity contribution in [1.82, 2.24) is 10.2 Å². The smallest absolute Gasteiger partial charge is 0.323 e. The van der Waals surface area contributed by atoms with Gasteiger partial charge in [-0.05, 0) is 71.6 Å². The monoisotopic (exact) mass is 296 g/mol. The van der Waals surface area contributed by atoms with Gasteiger partial charge in [0.25, 0.3) is 0 Å². The summed E-state index contributed by atoms with van der Waals surface area (Å²) in [5, 5.41) is 12.9. The van der Waals surface area contributed by atoms with Crippen molar-refractivity contribution in [3.63, 3.8) is 0 Å². The average molecular weight is 296 g/mol. The van der Waals surface area contributed by atoms with Gasteiger partial charge in [0, 0.05) is 25.2 Å². The quantitative estimate of drug-likeness (QED) is 0.651. The molecule has 122 valence electrons. The molecule has 0 aliphatic heterocycles. The van der Waals surface area contributed by atoms with E-state index < -0.39 is 11.5 Å². The van der Waals surface area contributed by atoms with Crippen molar-refractivity contribution >= 4 is 5.97 Å². The summed E-state index contributed by atoms with van der Waals surface area (Å²) >= 11 is 0. The number of aliphatic carboxylic acids is 1. The Kier molecular flexibility index (Phi) is 5.31. The molecule has 2 saturated carbocycles. The highest BCUT2D eigenvalue weighted by Crippen LogP contribution is 2.35. The van der Waals surface area contributed by atoms with Gasteiger partial charge in [-0.2, -0.15) is 0 Å². The van der Waals surface area contributed by atoms with Crippen LogP contribution in [0.25, 0.3) is 0 Å². The Labute approximate surface area is 129 Å². The van der Waals surface area contributed by atoms with Crippen LogP contribution in [0.3, 0.4) is 0 Å². The van der Waals surface area contributed by atoms with E-state index in [-0.39, 0.29) is 6.04 Å². The highest BCUT2D eigenvalue weighted by molar-refractivity contribution is 5.78. The number of carbonyl (C=O) groups is 1. The molecular weight excluding hydrogens is 264 g/mol. The standard InChI is InChI=1S/C17H32N2O2/c1-12(2)18-17(4,16(20)21)9-13(3)19(10-14-5-6-14)11-15-7-8-15/h12-15,18H,5-11H2,1-4H3,(H,20,21). The minimum Gasteiger partial charge on any atom is -0.480 e. The van der Waals surface area contributed by atoms with Crippen molar-refractivity contribution in [2.75, 3.05) is 13.1 Å². The Hall–Kier alpha value is -0.610. The molecule has 0 aromatic rings. The second kappa shape index (κ2) is 6.66. The molecule has 0 radical (unpaired) electrons. The number of nitrogens with one attached hydrogen (secondary N) is 1. The van der Waals surface area contributed by atoms with E-state index in [1.54, 1.807) is 0 Å². The molecule has 2 fully saturated rings. The van der Waals surface area contributed by atoms with E-state index in [0.29, 0.717) is 12.5 Å². The summed E-state index contributed by atoms with van der Waals surface area (Å²) in [6.45, 7) is 10.4. The zero-order chi connectivity index (χ0) is 15.6. The van der Waals surface area contributed by atoms with Gasteiger partial charge in [0.2, 0.25) is 0 Å². The summed E-state index contributed by atoms with van der Waals surface area (Å²) in [7, 11) is 0. The predicted octanol–water partition coefficient (Wildman–Crippen LogP) is 2.73. The molecule has 0 heterocycles. The minimum absolute atomic E-state index is 0.179. The molecule has 21 heavy (non-hydrogen) atoms. The normalized spacial score (nSPS) is 23.3. The molecule has 2 N–H and O–H groups in total. The van der Waals surface area contributed by atoms with Crippen molar-refractivity contribution in [3.05, 3.63) is 0 Å². The molecule has 2 unspecified atom stereocenters. The highest BCUT2D eigenvalue weighted by Gasteiger charge is 2.38. The predicted molar refractivity (Wildman–Crippen MR) is 85.4 cm³/mol. The third-order valence-corrected chi connectivity index (χ3v) is 4.79. The Bertz CT molecular complexity index is 350. The molecule has 0 aromatic heterocycles. The van der Waals surface area contributed by atoms with Crippen LogP contribution in [0.5, 0.6) is 0 Å². The van der Waals surface area contributed by atoms with Crippen LogP contribution < -0.4 is 5.32 Å². The molecule has 0 saturated heterocycles. The van der Waals surface area contributed by atoms with Crippen LogP contribution in [0.2, 0.25) is 0 Å². The first-order chi connectivity index (χ1) is 9.80. The van der Waals surface area contributed by atoms with Crippen molar-refractivity contribution in [3.8, 4) is 0 Å². The third-order valence-electron chi connectivity index (χ3n) is 4.79. The number of nitrogens with zero attached hydrogens (tertiary/aromatic N) is 1. The SMILES string of the molecule is CC(C)NC(C)(CC(C)N(CC1CC1)CC1CC1)C(=O)O. The Morgan fingerprint density at radius 1 is 1.19 bits per heavy atom. The van der Waals surface area contributed by atoms with Gasteiger partial charge in [-0.25, -0.2) is 0 Å². The van der Waals surface area contributed by atoms with Gasteiger partial charge < -0.3 is 10.0 Å². The first-order valence-electron chi connectivity index (χ1n) is 8.55. The van der Waals surface area contributed by atoms with Gasteiger partial charge in [0.1, 0.15) is 5.54 Å². The third kappa shape index (κ3) is 5.26. The fourth-order valence-corrected chi connectivity index (χ4v) is 3.26. The number of hydrogen-bond acceptors (Lipinski definition) is 3. The Morgan fingerprint density at radius 3 is 2.00 bits per heavy atom. The topological polar surface area (TPSA) is 52.6 Å². The Balaban J connectivity index is 1.96. The lowest BCUT2D eigenvalue weighted by Gasteiger charge is -2.36. The second-order valence-corrected chi connectivity index (χ2v) is 7.83. The first kappa shape index (κ1) is 16.8. The van der Waals surface area contributed by atoms with E-state index >= 15 is 0 Å². The van der Waals surface area contributed by atoms with Gasteiger partial charge in [-0.15, -0.1) is 0 Å². The molecule has 0 bridgehead atoms. The lowest BCUT2D eigenvalue weighted by molar-refractivity contribution is -0.145. The van der Waals surface area contributed by atoms with Crippen LogP contribution in [0, 0.1) is 11.8 Å². The van der Waals surface area contributed by atoms with E-state index in [2.05, 4.69) is 17.1 Å². The van der Waals surface area contributed by atoms with E-state index in [9.17, 15) is 9.90 Å². The molecule has 4 heteroatoms. The van der Waals surface area contributed by atoms with Gasteiger partial charge in [-0.1, -0.05) is 0 Å². The molecule has 2 rings (SSSR count). The molecular formula is C17H32N2O2. The van der Waals surface area contributed by atoms with E-state index in [0.717, 1.165) is 24.9 Å². The summed E-state index contributed by atoms with van der Waals surface area (Å²) in [4.78, 5) is 14.3. The lowest BCUT2D eigenvalue weighted by atomic mass is 9.91. The van der Waals surface area contributed by atoms with E-state index in [4.69, 9.17) is 0 Å². The van der Waals surface area contributed by atoms with Crippen LogP contribution in [-0.4, -0.2) is 46.7 Å². The summed E-state index contributed by atoms with van der Waals surface area (Å²) in [5.74, 6) is 0.988. The minimum atomic E-state index is -0.834. The number of hydrogen-bond donors (Lipinski definition) is 2. The fourth-order valence-electron chi connectivity index (χ4n) is 3.26. The summed E-state index contributed by atoms with van der Waals surface area (Å²) in [5.41, 5.74) is -0.834. The molecule has 2 aliphatic rings. The van der Waals surface area contributed by atoms with E-state index in [1.165, 1.54) is 25.7 Å². The van der Waals surface area contributed by atoms with Crippen molar-refractivity contribution < 1.29 is 9.90 Å². The zero-order valence-corrected chi connectivity index (χ0v) is 14.1. The van der Waals surface area contributed by atoms with Crippen LogP contribution in [0.15, 0.2) is 0 Å². The molecule has 0 amide bonds. The number of carboxylic acid groups (broad SMARTS) is 1. The van der Waals surface area contributed by atoms with Gasteiger partial charge in [0.05, 0.1) is 0 Å². The fraction of sp³-hybridized carbons (Fsp3) is 0.941. The van der Waals surface area contributed by atoms with Crippen LogP contribution >= 0.6 is 0 Å². The van der Waals surface area contributed by atoms with Crippen molar-refractivity contribution in [1.29, 1.82) is 0 Å². The molecule has 4 nitrogen and oxygen atoms in total. The van der Waals surface area contributed by atoms with Crippen LogP contribution in [-0.2, 0) is 4.79 Å². The Morgan fingerprint density at radius 2 is 1.67 bits per heavy atom. The number of carboxylic acids is 1. The molecule has 2 atom stereocenters. The van der Waals surface area contributed by atoms with Crippen molar-refractivity contribution in [2.24, 2.45) is 11.8 Å². The lowest BCUT2D eigenvalue weighted by Crippen LogP contribution is -2.56. The summed E-state index contributed by atoms with van der Waals surface area (Å²) in [6, 6.07) is 0.497. The summed E-state index contributed by atoms with van der Waals surface area (Å²) < 4.78 is 0. The first-order valence-corrected chi connectivity index (χ1v) is 8.55. The molecule has 0 spiro atoms. The van der Waals surface area contributed by atoms with Crippen molar-refractivity contribution in [2.45, 2.75) is 77.4 Å². The second-order valence-electron chi connectivity index (χ2n) is 7.83. The van der Waals surface area contributed by atoms with Crippen LogP contribution in [0.1, 0.15) is 59.8 Å². The summed E-state index contributed by atoms with van der Waals surface area (Å²) in [6.07, 6.45) is 6.09. The maximum Gasteiger partial charge on any atom is 0.323 e. The highest BCUT2D eigenvalue weighted by atomic mass is 16.4. The van der Waals surface area contributed by atoms with Crippen LogP contribution in [0.4, 0.5) is 0 Å².